The molecule has 2 rings (SSSR count). The molecular weight excluding hydrogens is 216 g/mol. The van der Waals surface area contributed by atoms with Gasteiger partial charge in [0, 0.05) is 31.5 Å². The number of nitriles is 1. The predicted octanol–water partition coefficient (Wildman–Crippen LogP) is 1.15. The summed E-state index contributed by atoms with van der Waals surface area (Å²) in [5.74, 6) is 0.493. The zero-order valence-electron chi connectivity index (χ0n) is 9.96. The van der Waals surface area contributed by atoms with E-state index in [2.05, 4.69) is 11.1 Å². The maximum atomic E-state index is 12.1. The molecule has 5 nitrogen and oxygen atoms in total. The normalized spacial score (nSPS) is 14.4. The van der Waals surface area contributed by atoms with Crippen molar-refractivity contribution in [2.45, 2.75) is 38.8 Å². The van der Waals surface area contributed by atoms with Gasteiger partial charge in [0.15, 0.2) is 5.82 Å². The van der Waals surface area contributed by atoms with Crippen molar-refractivity contribution in [1.29, 1.82) is 5.26 Å². The van der Waals surface area contributed by atoms with Crippen molar-refractivity contribution in [3.05, 3.63) is 22.7 Å². The van der Waals surface area contributed by atoms with Gasteiger partial charge in [-0.2, -0.15) is 5.26 Å². The van der Waals surface area contributed by atoms with E-state index in [1.807, 2.05) is 11.8 Å². The van der Waals surface area contributed by atoms with Gasteiger partial charge in [-0.1, -0.05) is 0 Å². The molecule has 0 aliphatic heterocycles. The van der Waals surface area contributed by atoms with E-state index >= 15 is 0 Å². The Morgan fingerprint density at radius 2 is 2.41 bits per heavy atom. The standard InChI is InChI=1S/C12H16N4O/c1-2-15-9-7-14-11(12(15)17)16(8-3-6-13)10-4-5-10/h7,9-10H,2-5,8H2,1H3. The van der Waals surface area contributed by atoms with Crippen molar-refractivity contribution in [3.8, 4) is 6.07 Å². The topological polar surface area (TPSA) is 61.9 Å². The molecule has 90 valence electrons. The van der Waals surface area contributed by atoms with Crippen LogP contribution in [0.3, 0.4) is 0 Å². The summed E-state index contributed by atoms with van der Waals surface area (Å²) >= 11 is 0. The lowest BCUT2D eigenvalue weighted by atomic mass is 10.3. The Morgan fingerprint density at radius 3 is 3.00 bits per heavy atom. The lowest BCUT2D eigenvalue weighted by molar-refractivity contribution is 0.693. The Balaban J connectivity index is 2.29. The second kappa shape index (κ2) is 5.00. The minimum Gasteiger partial charge on any atom is -0.348 e. The highest BCUT2D eigenvalue weighted by Crippen LogP contribution is 2.29. The van der Waals surface area contributed by atoms with Crippen molar-refractivity contribution in [3.63, 3.8) is 0 Å². The molecule has 1 aromatic heterocycles. The Kier molecular flexibility index (Phi) is 3.43. The molecule has 1 aromatic rings. The van der Waals surface area contributed by atoms with E-state index in [1.54, 1.807) is 17.0 Å². The molecular formula is C12H16N4O. The van der Waals surface area contributed by atoms with Crippen LogP contribution in [-0.2, 0) is 6.54 Å². The summed E-state index contributed by atoms with van der Waals surface area (Å²) in [6.07, 6.45) is 5.96. The van der Waals surface area contributed by atoms with Gasteiger partial charge in [0.1, 0.15) is 0 Å². The van der Waals surface area contributed by atoms with Crippen LogP contribution in [-0.4, -0.2) is 22.1 Å². The molecule has 0 unspecified atom stereocenters. The quantitative estimate of drug-likeness (QED) is 0.764. The molecule has 5 heteroatoms. The molecule has 1 fully saturated rings. The van der Waals surface area contributed by atoms with E-state index in [0.717, 1.165) is 12.8 Å². The predicted molar refractivity (Wildman–Crippen MR) is 64.8 cm³/mol. The number of aromatic nitrogens is 2. The Hall–Kier alpha value is -1.83. The Morgan fingerprint density at radius 1 is 1.65 bits per heavy atom. The molecule has 1 heterocycles. The number of nitrogens with zero attached hydrogens (tertiary/aromatic N) is 4. The molecule has 0 saturated heterocycles. The van der Waals surface area contributed by atoms with E-state index in [9.17, 15) is 4.79 Å². The third-order valence-corrected chi connectivity index (χ3v) is 2.96. The van der Waals surface area contributed by atoms with Crippen LogP contribution >= 0.6 is 0 Å². The maximum Gasteiger partial charge on any atom is 0.293 e. The fourth-order valence-corrected chi connectivity index (χ4v) is 1.90. The van der Waals surface area contributed by atoms with Crippen LogP contribution in [0, 0.1) is 11.3 Å². The largest absolute Gasteiger partial charge is 0.348 e. The molecule has 17 heavy (non-hydrogen) atoms. The molecule has 0 radical (unpaired) electrons. The first kappa shape index (κ1) is 11.6. The van der Waals surface area contributed by atoms with Gasteiger partial charge in [-0.05, 0) is 19.8 Å². The summed E-state index contributed by atoms with van der Waals surface area (Å²) in [7, 11) is 0. The highest BCUT2D eigenvalue weighted by molar-refractivity contribution is 5.39. The lowest BCUT2D eigenvalue weighted by Crippen LogP contribution is -2.35. The zero-order chi connectivity index (χ0) is 12.3. The summed E-state index contributed by atoms with van der Waals surface area (Å²) in [6, 6.07) is 2.52. The second-order valence-corrected chi connectivity index (χ2v) is 4.17. The number of rotatable bonds is 5. The second-order valence-electron chi connectivity index (χ2n) is 4.17. The van der Waals surface area contributed by atoms with Gasteiger partial charge >= 0.3 is 0 Å². The van der Waals surface area contributed by atoms with Crippen molar-refractivity contribution in [2.24, 2.45) is 0 Å². The SMILES string of the molecule is CCn1ccnc(N(CCC#N)C2CC2)c1=O. The van der Waals surface area contributed by atoms with Gasteiger partial charge in [0.2, 0.25) is 0 Å². The van der Waals surface area contributed by atoms with Crippen molar-refractivity contribution < 1.29 is 0 Å². The van der Waals surface area contributed by atoms with Gasteiger partial charge in [0.25, 0.3) is 5.56 Å². The minimum atomic E-state index is -0.0557. The van der Waals surface area contributed by atoms with E-state index in [-0.39, 0.29) is 5.56 Å². The van der Waals surface area contributed by atoms with Crippen LogP contribution in [0.15, 0.2) is 17.2 Å². The first-order valence-corrected chi connectivity index (χ1v) is 5.97. The van der Waals surface area contributed by atoms with E-state index in [1.165, 1.54) is 0 Å². The molecule has 1 aliphatic rings. The van der Waals surface area contributed by atoms with Gasteiger partial charge in [-0.25, -0.2) is 4.98 Å². The molecule has 0 atom stereocenters. The van der Waals surface area contributed by atoms with Crippen LogP contribution in [0.2, 0.25) is 0 Å². The Bertz CT molecular complexity index is 484. The van der Waals surface area contributed by atoms with Crippen LogP contribution in [0.25, 0.3) is 0 Å². The minimum absolute atomic E-state index is 0.0557. The van der Waals surface area contributed by atoms with Gasteiger partial charge < -0.3 is 9.47 Å². The van der Waals surface area contributed by atoms with Gasteiger partial charge in [-0.15, -0.1) is 0 Å². The molecule has 0 bridgehead atoms. The average molecular weight is 232 g/mol. The fourth-order valence-electron chi connectivity index (χ4n) is 1.90. The van der Waals surface area contributed by atoms with Crippen molar-refractivity contribution in [1.82, 2.24) is 9.55 Å². The highest BCUT2D eigenvalue weighted by atomic mass is 16.1. The number of anilines is 1. The van der Waals surface area contributed by atoms with Crippen LogP contribution in [0.4, 0.5) is 5.82 Å². The van der Waals surface area contributed by atoms with Gasteiger partial charge in [0.05, 0.1) is 12.5 Å². The fraction of sp³-hybridized carbons (Fsp3) is 0.583. The first-order valence-electron chi connectivity index (χ1n) is 5.97. The molecule has 0 aromatic carbocycles. The number of hydrogen-bond acceptors (Lipinski definition) is 4. The molecule has 1 saturated carbocycles. The van der Waals surface area contributed by atoms with Gasteiger partial charge in [-0.3, -0.25) is 4.79 Å². The molecule has 0 amide bonds. The highest BCUT2D eigenvalue weighted by Gasteiger charge is 2.31. The van der Waals surface area contributed by atoms with E-state index in [0.29, 0.717) is 31.4 Å². The molecule has 0 spiro atoms. The van der Waals surface area contributed by atoms with E-state index in [4.69, 9.17) is 5.26 Å². The summed E-state index contributed by atoms with van der Waals surface area (Å²) in [6.45, 7) is 3.17. The zero-order valence-corrected chi connectivity index (χ0v) is 9.96. The summed E-state index contributed by atoms with van der Waals surface area (Å²) in [4.78, 5) is 18.3. The van der Waals surface area contributed by atoms with Crippen LogP contribution in [0.1, 0.15) is 26.2 Å². The first-order chi connectivity index (χ1) is 8.27. The lowest BCUT2D eigenvalue weighted by Gasteiger charge is -2.21. The maximum absolute atomic E-state index is 12.1. The number of aryl methyl sites for hydroxylation is 1. The van der Waals surface area contributed by atoms with Crippen LogP contribution < -0.4 is 10.5 Å². The van der Waals surface area contributed by atoms with Crippen molar-refractivity contribution in [2.75, 3.05) is 11.4 Å². The summed E-state index contributed by atoms with van der Waals surface area (Å²) in [5.41, 5.74) is -0.0557. The Labute approximate surface area is 100 Å². The number of hydrogen-bond donors (Lipinski definition) is 0. The van der Waals surface area contributed by atoms with E-state index < -0.39 is 0 Å². The summed E-state index contributed by atoms with van der Waals surface area (Å²) < 4.78 is 1.64. The monoisotopic (exact) mass is 232 g/mol. The molecule has 0 N–H and O–H groups in total. The van der Waals surface area contributed by atoms with Crippen LogP contribution in [0.5, 0.6) is 0 Å². The molecule has 1 aliphatic carbocycles. The summed E-state index contributed by atoms with van der Waals surface area (Å²) in [5, 5.41) is 8.65. The van der Waals surface area contributed by atoms with Crippen molar-refractivity contribution >= 4 is 5.82 Å². The third-order valence-electron chi connectivity index (χ3n) is 2.96. The third kappa shape index (κ3) is 2.47. The smallest absolute Gasteiger partial charge is 0.293 e. The average Bonchev–Trinajstić information content (AvgIpc) is 3.16.